The Balaban J connectivity index is 1.74. The van der Waals surface area contributed by atoms with Crippen molar-refractivity contribution in [2.75, 3.05) is 17.2 Å². The standard InChI is InChI=1S/C22H23N3O2/c1-16(2)15-24-17-12-13-23-20(14-17)22(26)25-19-10-6-7-11-21(19)27-18-8-4-3-5-9-18/h3-14,16H,15H2,1-2H3,(H,23,24)(H,25,26). The number of aromatic nitrogens is 1. The Bertz CT molecular complexity index is 895. The molecule has 5 nitrogen and oxygen atoms in total. The molecule has 1 aromatic heterocycles. The molecule has 0 unspecified atom stereocenters. The number of hydrogen-bond donors (Lipinski definition) is 2. The first-order chi connectivity index (χ1) is 13.1. The second kappa shape index (κ2) is 8.85. The van der Waals surface area contributed by atoms with Crippen LogP contribution in [0.1, 0.15) is 24.3 Å². The predicted octanol–water partition coefficient (Wildman–Crippen LogP) is 5.19. The molecule has 27 heavy (non-hydrogen) atoms. The molecular formula is C22H23N3O2. The van der Waals surface area contributed by atoms with Crippen molar-refractivity contribution in [3.05, 3.63) is 78.6 Å². The molecule has 0 radical (unpaired) electrons. The van der Waals surface area contributed by atoms with Crippen LogP contribution >= 0.6 is 0 Å². The Morgan fingerprint density at radius 3 is 2.56 bits per heavy atom. The number of carbonyl (C=O) groups is 1. The van der Waals surface area contributed by atoms with Crippen molar-refractivity contribution in [2.24, 2.45) is 5.92 Å². The Hall–Kier alpha value is -3.34. The van der Waals surface area contributed by atoms with Gasteiger partial charge in [0.2, 0.25) is 0 Å². The maximum absolute atomic E-state index is 12.7. The van der Waals surface area contributed by atoms with Gasteiger partial charge in [-0.3, -0.25) is 9.78 Å². The van der Waals surface area contributed by atoms with Gasteiger partial charge in [0.1, 0.15) is 11.4 Å². The second-order valence-corrected chi connectivity index (χ2v) is 6.57. The Morgan fingerprint density at radius 2 is 1.78 bits per heavy atom. The molecule has 3 aromatic rings. The fourth-order valence-electron chi connectivity index (χ4n) is 2.45. The van der Waals surface area contributed by atoms with E-state index >= 15 is 0 Å². The van der Waals surface area contributed by atoms with Crippen LogP contribution in [0.5, 0.6) is 11.5 Å². The number of anilines is 2. The van der Waals surface area contributed by atoms with E-state index in [-0.39, 0.29) is 5.91 Å². The molecule has 0 fully saturated rings. The van der Waals surface area contributed by atoms with Crippen LogP contribution in [0, 0.1) is 5.92 Å². The number of para-hydroxylation sites is 3. The third-order valence-electron chi connectivity index (χ3n) is 3.81. The van der Waals surface area contributed by atoms with Crippen LogP contribution in [0.25, 0.3) is 0 Å². The molecule has 0 aliphatic carbocycles. The number of nitrogens with zero attached hydrogens (tertiary/aromatic N) is 1. The second-order valence-electron chi connectivity index (χ2n) is 6.57. The van der Waals surface area contributed by atoms with Crippen molar-refractivity contribution in [1.82, 2.24) is 4.98 Å². The van der Waals surface area contributed by atoms with E-state index in [1.807, 2.05) is 54.6 Å². The highest BCUT2D eigenvalue weighted by atomic mass is 16.5. The number of benzene rings is 2. The molecule has 0 atom stereocenters. The molecule has 0 aliphatic heterocycles. The van der Waals surface area contributed by atoms with Gasteiger partial charge in [-0.15, -0.1) is 0 Å². The van der Waals surface area contributed by atoms with Gasteiger partial charge in [-0.25, -0.2) is 0 Å². The van der Waals surface area contributed by atoms with Crippen LogP contribution in [-0.4, -0.2) is 17.4 Å². The fourth-order valence-corrected chi connectivity index (χ4v) is 2.45. The first-order valence-corrected chi connectivity index (χ1v) is 8.95. The summed E-state index contributed by atoms with van der Waals surface area (Å²) in [6.45, 7) is 5.09. The number of hydrogen-bond acceptors (Lipinski definition) is 4. The molecule has 1 amide bonds. The molecular weight excluding hydrogens is 338 g/mol. The monoisotopic (exact) mass is 361 g/mol. The van der Waals surface area contributed by atoms with E-state index in [0.717, 1.165) is 12.2 Å². The van der Waals surface area contributed by atoms with Crippen LogP contribution in [-0.2, 0) is 0 Å². The van der Waals surface area contributed by atoms with Crippen molar-refractivity contribution in [2.45, 2.75) is 13.8 Å². The van der Waals surface area contributed by atoms with Gasteiger partial charge in [-0.05, 0) is 42.3 Å². The summed E-state index contributed by atoms with van der Waals surface area (Å²) < 4.78 is 5.89. The molecule has 0 aliphatic rings. The van der Waals surface area contributed by atoms with Crippen molar-refractivity contribution in [3.8, 4) is 11.5 Å². The van der Waals surface area contributed by atoms with E-state index in [1.165, 1.54) is 0 Å². The van der Waals surface area contributed by atoms with Gasteiger partial charge in [-0.1, -0.05) is 44.2 Å². The summed E-state index contributed by atoms with van der Waals surface area (Å²) in [4.78, 5) is 16.8. The normalized spacial score (nSPS) is 10.5. The summed E-state index contributed by atoms with van der Waals surface area (Å²) >= 11 is 0. The van der Waals surface area contributed by atoms with E-state index in [4.69, 9.17) is 4.74 Å². The molecule has 3 rings (SSSR count). The van der Waals surface area contributed by atoms with E-state index in [9.17, 15) is 4.79 Å². The molecule has 0 bridgehead atoms. The predicted molar refractivity (Wildman–Crippen MR) is 108 cm³/mol. The van der Waals surface area contributed by atoms with Gasteiger partial charge in [0.15, 0.2) is 5.75 Å². The average molecular weight is 361 g/mol. The first-order valence-electron chi connectivity index (χ1n) is 8.95. The number of carbonyl (C=O) groups excluding carboxylic acids is 1. The number of nitrogens with one attached hydrogen (secondary N) is 2. The zero-order valence-electron chi connectivity index (χ0n) is 15.5. The Kier molecular flexibility index (Phi) is 6.05. The van der Waals surface area contributed by atoms with E-state index in [2.05, 4.69) is 29.5 Å². The molecule has 138 valence electrons. The van der Waals surface area contributed by atoms with Crippen LogP contribution in [0.2, 0.25) is 0 Å². The van der Waals surface area contributed by atoms with Crippen molar-refractivity contribution >= 4 is 17.3 Å². The van der Waals surface area contributed by atoms with Crippen LogP contribution in [0.15, 0.2) is 72.9 Å². The fraction of sp³-hybridized carbons (Fsp3) is 0.182. The Morgan fingerprint density at radius 1 is 1.04 bits per heavy atom. The maximum Gasteiger partial charge on any atom is 0.274 e. The highest BCUT2D eigenvalue weighted by Gasteiger charge is 2.12. The molecule has 1 heterocycles. The largest absolute Gasteiger partial charge is 0.455 e. The zero-order valence-corrected chi connectivity index (χ0v) is 15.5. The maximum atomic E-state index is 12.7. The number of amides is 1. The van der Waals surface area contributed by atoms with Gasteiger partial charge < -0.3 is 15.4 Å². The number of ether oxygens (including phenoxy) is 1. The molecule has 0 spiro atoms. The third-order valence-corrected chi connectivity index (χ3v) is 3.81. The smallest absolute Gasteiger partial charge is 0.274 e. The minimum absolute atomic E-state index is 0.285. The highest BCUT2D eigenvalue weighted by molar-refractivity contribution is 6.04. The van der Waals surface area contributed by atoms with Gasteiger partial charge in [0.25, 0.3) is 5.91 Å². The SMILES string of the molecule is CC(C)CNc1ccnc(C(=O)Nc2ccccc2Oc2ccccc2)c1. The number of rotatable bonds is 7. The van der Waals surface area contributed by atoms with Crippen LogP contribution < -0.4 is 15.4 Å². The van der Waals surface area contributed by atoms with Crippen molar-refractivity contribution in [3.63, 3.8) is 0 Å². The van der Waals surface area contributed by atoms with Gasteiger partial charge in [0.05, 0.1) is 5.69 Å². The highest BCUT2D eigenvalue weighted by Crippen LogP contribution is 2.29. The lowest BCUT2D eigenvalue weighted by atomic mass is 10.2. The summed E-state index contributed by atoms with van der Waals surface area (Å²) in [5.74, 6) is 1.51. The summed E-state index contributed by atoms with van der Waals surface area (Å²) in [7, 11) is 0. The first kappa shape index (κ1) is 18.5. The van der Waals surface area contributed by atoms with Crippen LogP contribution in [0.3, 0.4) is 0 Å². The Labute approximate surface area is 159 Å². The molecule has 2 N–H and O–H groups in total. The van der Waals surface area contributed by atoms with E-state index in [1.54, 1.807) is 18.3 Å². The quantitative estimate of drug-likeness (QED) is 0.607. The lowest BCUT2D eigenvalue weighted by molar-refractivity contribution is 0.102. The molecule has 2 aromatic carbocycles. The van der Waals surface area contributed by atoms with Gasteiger partial charge >= 0.3 is 0 Å². The van der Waals surface area contributed by atoms with Crippen molar-refractivity contribution in [1.29, 1.82) is 0 Å². The van der Waals surface area contributed by atoms with Gasteiger partial charge in [0, 0.05) is 18.4 Å². The summed E-state index contributed by atoms with van der Waals surface area (Å²) in [6, 6.07) is 20.4. The lowest BCUT2D eigenvalue weighted by Gasteiger charge is -2.13. The summed E-state index contributed by atoms with van der Waals surface area (Å²) in [6.07, 6.45) is 1.63. The number of pyridine rings is 1. The molecule has 0 saturated carbocycles. The van der Waals surface area contributed by atoms with Crippen molar-refractivity contribution < 1.29 is 9.53 Å². The average Bonchev–Trinajstić information content (AvgIpc) is 2.69. The molecule has 0 saturated heterocycles. The summed E-state index contributed by atoms with van der Waals surface area (Å²) in [5, 5.41) is 6.19. The van der Waals surface area contributed by atoms with E-state index < -0.39 is 0 Å². The molecule has 5 heteroatoms. The lowest BCUT2D eigenvalue weighted by Crippen LogP contribution is -2.15. The summed E-state index contributed by atoms with van der Waals surface area (Å²) in [5.41, 5.74) is 1.81. The minimum atomic E-state index is -0.285. The van der Waals surface area contributed by atoms with E-state index in [0.29, 0.717) is 28.8 Å². The van der Waals surface area contributed by atoms with Gasteiger partial charge in [-0.2, -0.15) is 0 Å². The topological polar surface area (TPSA) is 63.2 Å². The third kappa shape index (κ3) is 5.31. The van der Waals surface area contributed by atoms with Crippen LogP contribution in [0.4, 0.5) is 11.4 Å². The minimum Gasteiger partial charge on any atom is -0.455 e. The zero-order chi connectivity index (χ0) is 19.1.